The minimum atomic E-state index is 0.147. The van der Waals surface area contributed by atoms with E-state index < -0.39 is 0 Å². The fraction of sp³-hybridized carbons (Fsp3) is 0.200. The Hall–Kier alpha value is -0.320. The van der Waals surface area contributed by atoms with Crippen molar-refractivity contribution in [3.05, 3.63) is 58.6 Å². The van der Waals surface area contributed by atoms with E-state index >= 15 is 0 Å². The summed E-state index contributed by atoms with van der Waals surface area (Å²) in [6, 6.07) is 15.4. The van der Waals surface area contributed by atoms with Crippen LogP contribution in [-0.4, -0.2) is 22.7 Å². The highest BCUT2D eigenvalue weighted by molar-refractivity contribution is 8.03. The minimum absolute atomic E-state index is 0.147. The van der Waals surface area contributed by atoms with Gasteiger partial charge in [0, 0.05) is 30.8 Å². The molecule has 0 aliphatic carbocycles. The van der Waals surface area contributed by atoms with E-state index in [1.54, 1.807) is 23.5 Å². The summed E-state index contributed by atoms with van der Waals surface area (Å²) in [4.78, 5) is 2.27. The van der Waals surface area contributed by atoms with Crippen LogP contribution in [0.15, 0.2) is 58.3 Å². The summed E-state index contributed by atoms with van der Waals surface area (Å²) in [5.41, 5.74) is 0. The van der Waals surface area contributed by atoms with E-state index in [4.69, 9.17) is 23.2 Å². The van der Waals surface area contributed by atoms with Gasteiger partial charge in [0.2, 0.25) is 0 Å². The van der Waals surface area contributed by atoms with Crippen LogP contribution in [0.1, 0.15) is 0 Å². The fourth-order valence-corrected chi connectivity index (χ4v) is 3.84. The summed E-state index contributed by atoms with van der Waals surface area (Å²) in [5.74, 6) is 0.839. The quantitative estimate of drug-likeness (QED) is 0.723. The van der Waals surface area contributed by atoms with Crippen molar-refractivity contribution in [1.82, 2.24) is 0 Å². The van der Waals surface area contributed by atoms with Crippen LogP contribution in [0.4, 0.5) is 0 Å². The Balaban J connectivity index is 1.88. The molecule has 2 aromatic rings. The van der Waals surface area contributed by atoms with E-state index in [2.05, 4.69) is 0 Å². The molecule has 5 heteroatoms. The van der Waals surface area contributed by atoms with Crippen LogP contribution in [0.25, 0.3) is 0 Å². The number of halogens is 2. The first-order chi connectivity index (χ1) is 9.67. The number of aliphatic hydroxyl groups is 1. The maximum atomic E-state index is 9.48. The van der Waals surface area contributed by atoms with Gasteiger partial charge in [-0.15, -0.1) is 23.5 Å². The number of hydrogen-bond acceptors (Lipinski definition) is 3. The van der Waals surface area contributed by atoms with Crippen LogP contribution in [0.2, 0.25) is 10.0 Å². The molecule has 0 fully saturated rings. The Labute approximate surface area is 137 Å². The molecule has 2 aromatic carbocycles. The van der Waals surface area contributed by atoms with Gasteiger partial charge in [0.05, 0.1) is 6.61 Å². The van der Waals surface area contributed by atoms with Gasteiger partial charge in [0.1, 0.15) is 0 Å². The molecule has 0 bridgehead atoms. The standard InChI is InChI=1S/C15H14Cl2OS2/c16-11-1-5-13(6-2-11)19-10-15(9-18)20-14-7-3-12(17)4-8-14/h1-8,15,18H,9-10H2. The molecule has 1 unspecified atom stereocenters. The molecule has 0 aromatic heterocycles. The lowest BCUT2D eigenvalue weighted by Crippen LogP contribution is -2.11. The Kier molecular flexibility index (Phi) is 6.59. The van der Waals surface area contributed by atoms with Gasteiger partial charge in [0.25, 0.3) is 0 Å². The molecule has 0 aliphatic rings. The lowest BCUT2D eigenvalue weighted by atomic mass is 10.4. The molecule has 0 saturated carbocycles. The predicted octanol–water partition coefficient (Wildman–Crippen LogP) is 5.24. The fourth-order valence-electron chi connectivity index (χ4n) is 1.55. The van der Waals surface area contributed by atoms with Crippen molar-refractivity contribution in [2.75, 3.05) is 12.4 Å². The van der Waals surface area contributed by atoms with Crippen molar-refractivity contribution in [3.8, 4) is 0 Å². The van der Waals surface area contributed by atoms with Crippen LogP contribution in [-0.2, 0) is 0 Å². The third-order valence-electron chi connectivity index (χ3n) is 2.57. The second-order valence-corrected chi connectivity index (χ2v) is 7.48. The molecule has 0 saturated heterocycles. The summed E-state index contributed by atoms with van der Waals surface area (Å²) < 4.78 is 0. The zero-order chi connectivity index (χ0) is 14.4. The summed E-state index contributed by atoms with van der Waals surface area (Å²) in [6.07, 6.45) is 0. The number of hydrogen-bond donors (Lipinski definition) is 1. The van der Waals surface area contributed by atoms with Gasteiger partial charge in [-0.1, -0.05) is 23.2 Å². The molecular formula is C15H14Cl2OS2. The lowest BCUT2D eigenvalue weighted by Gasteiger charge is -2.13. The highest BCUT2D eigenvalue weighted by Crippen LogP contribution is 2.29. The normalized spacial score (nSPS) is 12.3. The van der Waals surface area contributed by atoms with E-state index in [0.29, 0.717) is 0 Å². The van der Waals surface area contributed by atoms with Crippen molar-refractivity contribution >= 4 is 46.7 Å². The minimum Gasteiger partial charge on any atom is -0.395 e. The Morgan fingerprint density at radius 1 is 0.850 bits per heavy atom. The third kappa shape index (κ3) is 5.23. The molecule has 2 rings (SSSR count). The monoisotopic (exact) mass is 344 g/mol. The molecule has 1 atom stereocenters. The second-order valence-electron chi connectivity index (χ2n) is 4.14. The maximum Gasteiger partial charge on any atom is 0.0561 e. The molecule has 0 spiro atoms. The van der Waals surface area contributed by atoms with Crippen molar-refractivity contribution in [2.45, 2.75) is 15.0 Å². The van der Waals surface area contributed by atoms with Gasteiger partial charge in [-0.05, 0) is 48.5 Å². The zero-order valence-electron chi connectivity index (χ0n) is 10.6. The number of aliphatic hydroxyl groups excluding tert-OH is 1. The molecule has 1 nitrogen and oxygen atoms in total. The van der Waals surface area contributed by atoms with Crippen molar-refractivity contribution in [2.24, 2.45) is 0 Å². The molecule has 20 heavy (non-hydrogen) atoms. The largest absolute Gasteiger partial charge is 0.395 e. The Morgan fingerprint density at radius 2 is 1.35 bits per heavy atom. The Morgan fingerprint density at radius 3 is 1.85 bits per heavy atom. The first-order valence-electron chi connectivity index (χ1n) is 6.09. The smallest absolute Gasteiger partial charge is 0.0561 e. The Bertz CT molecular complexity index is 529. The topological polar surface area (TPSA) is 20.2 Å². The van der Waals surface area contributed by atoms with E-state index in [-0.39, 0.29) is 11.9 Å². The van der Waals surface area contributed by atoms with Gasteiger partial charge in [-0.2, -0.15) is 0 Å². The molecule has 0 heterocycles. The molecule has 1 N–H and O–H groups in total. The van der Waals surface area contributed by atoms with Crippen LogP contribution in [0.5, 0.6) is 0 Å². The summed E-state index contributed by atoms with van der Waals surface area (Å²) in [5, 5.41) is 11.1. The molecule has 0 aliphatic heterocycles. The van der Waals surface area contributed by atoms with E-state index in [1.807, 2.05) is 48.5 Å². The van der Waals surface area contributed by atoms with Crippen molar-refractivity contribution in [3.63, 3.8) is 0 Å². The average molecular weight is 345 g/mol. The zero-order valence-corrected chi connectivity index (χ0v) is 13.8. The SMILES string of the molecule is OCC(CSc1ccc(Cl)cc1)Sc1ccc(Cl)cc1. The predicted molar refractivity (Wildman–Crippen MR) is 90.4 cm³/mol. The summed E-state index contributed by atoms with van der Waals surface area (Å²) in [6.45, 7) is 0.147. The van der Waals surface area contributed by atoms with E-state index in [0.717, 1.165) is 25.6 Å². The van der Waals surface area contributed by atoms with Gasteiger partial charge in [-0.25, -0.2) is 0 Å². The van der Waals surface area contributed by atoms with Crippen LogP contribution in [0.3, 0.4) is 0 Å². The summed E-state index contributed by atoms with van der Waals surface area (Å²) in [7, 11) is 0. The maximum absolute atomic E-state index is 9.48. The van der Waals surface area contributed by atoms with E-state index in [9.17, 15) is 5.11 Å². The van der Waals surface area contributed by atoms with Crippen LogP contribution in [0, 0.1) is 0 Å². The van der Waals surface area contributed by atoms with Gasteiger partial charge in [-0.3, -0.25) is 0 Å². The first-order valence-corrected chi connectivity index (χ1v) is 8.71. The van der Waals surface area contributed by atoms with Gasteiger partial charge in [0.15, 0.2) is 0 Å². The molecule has 106 valence electrons. The third-order valence-corrected chi connectivity index (χ3v) is 5.65. The number of thioether (sulfide) groups is 2. The van der Waals surface area contributed by atoms with Crippen LogP contribution >= 0.6 is 46.7 Å². The lowest BCUT2D eigenvalue weighted by molar-refractivity contribution is 0.301. The number of benzene rings is 2. The highest BCUT2D eigenvalue weighted by atomic mass is 35.5. The first kappa shape index (κ1) is 16.1. The number of rotatable bonds is 6. The van der Waals surface area contributed by atoms with Gasteiger partial charge < -0.3 is 5.11 Å². The summed E-state index contributed by atoms with van der Waals surface area (Å²) >= 11 is 15.1. The molecule has 0 radical (unpaired) electrons. The average Bonchev–Trinajstić information content (AvgIpc) is 2.47. The molecular weight excluding hydrogens is 331 g/mol. The van der Waals surface area contributed by atoms with Crippen molar-refractivity contribution in [1.29, 1.82) is 0 Å². The van der Waals surface area contributed by atoms with Crippen molar-refractivity contribution < 1.29 is 5.11 Å². The highest BCUT2D eigenvalue weighted by Gasteiger charge is 2.10. The van der Waals surface area contributed by atoms with Crippen LogP contribution < -0.4 is 0 Å². The van der Waals surface area contributed by atoms with Gasteiger partial charge >= 0.3 is 0 Å². The van der Waals surface area contributed by atoms with E-state index in [1.165, 1.54) is 0 Å². The molecule has 0 amide bonds. The second kappa shape index (κ2) is 8.20.